The molecule has 1 aliphatic carbocycles. The summed E-state index contributed by atoms with van der Waals surface area (Å²) in [5, 5.41) is 13.9. The SMILES string of the molecule is O[C@@H]1C[C@@H](c2cc(F)ccc2F)N(Cc2cnoc2C2CC2)C1. The van der Waals surface area contributed by atoms with Crippen LogP contribution < -0.4 is 0 Å². The van der Waals surface area contributed by atoms with Gasteiger partial charge in [-0.2, -0.15) is 0 Å². The van der Waals surface area contributed by atoms with Crippen molar-refractivity contribution in [2.24, 2.45) is 0 Å². The monoisotopic (exact) mass is 320 g/mol. The van der Waals surface area contributed by atoms with Crippen molar-refractivity contribution >= 4 is 0 Å². The minimum absolute atomic E-state index is 0.297. The second kappa shape index (κ2) is 5.69. The molecule has 2 aromatic rings. The first-order valence-electron chi connectivity index (χ1n) is 7.92. The van der Waals surface area contributed by atoms with E-state index in [1.807, 2.05) is 4.90 Å². The summed E-state index contributed by atoms with van der Waals surface area (Å²) in [5.41, 5.74) is 1.27. The van der Waals surface area contributed by atoms with Gasteiger partial charge < -0.3 is 9.63 Å². The van der Waals surface area contributed by atoms with Crippen LogP contribution in [0.1, 0.15) is 48.1 Å². The summed E-state index contributed by atoms with van der Waals surface area (Å²) in [6.45, 7) is 0.947. The van der Waals surface area contributed by atoms with Gasteiger partial charge in [-0.3, -0.25) is 4.90 Å². The van der Waals surface area contributed by atoms with Gasteiger partial charge >= 0.3 is 0 Å². The third-order valence-electron chi connectivity index (χ3n) is 4.70. The molecule has 4 rings (SSSR count). The van der Waals surface area contributed by atoms with Gasteiger partial charge in [0.2, 0.25) is 0 Å². The lowest BCUT2D eigenvalue weighted by Crippen LogP contribution is -2.25. The van der Waals surface area contributed by atoms with Gasteiger partial charge in [0.05, 0.1) is 12.3 Å². The molecule has 122 valence electrons. The topological polar surface area (TPSA) is 49.5 Å². The second-order valence-electron chi connectivity index (χ2n) is 6.49. The molecule has 2 atom stereocenters. The van der Waals surface area contributed by atoms with Gasteiger partial charge in [0.15, 0.2) is 0 Å². The Balaban J connectivity index is 1.61. The Morgan fingerprint density at radius 1 is 1.30 bits per heavy atom. The molecule has 0 bridgehead atoms. The number of hydrogen-bond acceptors (Lipinski definition) is 4. The largest absolute Gasteiger partial charge is 0.392 e. The third-order valence-corrected chi connectivity index (χ3v) is 4.70. The molecule has 1 aliphatic heterocycles. The van der Waals surface area contributed by atoms with E-state index < -0.39 is 17.7 Å². The van der Waals surface area contributed by atoms with Gasteiger partial charge in [0.1, 0.15) is 17.4 Å². The van der Waals surface area contributed by atoms with Crippen molar-refractivity contribution in [2.75, 3.05) is 6.54 Å². The number of nitrogens with zero attached hydrogens (tertiary/aromatic N) is 2. The van der Waals surface area contributed by atoms with E-state index in [0.29, 0.717) is 31.0 Å². The lowest BCUT2D eigenvalue weighted by atomic mass is 10.0. The second-order valence-corrected chi connectivity index (χ2v) is 6.49. The lowest BCUT2D eigenvalue weighted by Gasteiger charge is -2.24. The molecule has 0 radical (unpaired) electrons. The van der Waals surface area contributed by atoms with Crippen LogP contribution in [0.4, 0.5) is 8.78 Å². The predicted octanol–water partition coefficient (Wildman–Crippen LogP) is 3.14. The molecule has 2 fully saturated rings. The zero-order valence-electron chi connectivity index (χ0n) is 12.6. The first-order chi connectivity index (χ1) is 11.1. The van der Waals surface area contributed by atoms with Gasteiger partial charge in [-0.25, -0.2) is 8.78 Å². The molecule has 2 aliphatic rings. The van der Waals surface area contributed by atoms with Gasteiger partial charge in [-0.05, 0) is 37.5 Å². The molecule has 1 aromatic carbocycles. The Morgan fingerprint density at radius 3 is 2.91 bits per heavy atom. The maximum Gasteiger partial charge on any atom is 0.144 e. The van der Waals surface area contributed by atoms with Crippen molar-refractivity contribution in [3.63, 3.8) is 0 Å². The van der Waals surface area contributed by atoms with E-state index >= 15 is 0 Å². The third kappa shape index (κ3) is 2.88. The standard InChI is InChI=1S/C17H18F2N2O2/c18-12-3-4-15(19)14(5-12)16-6-13(22)9-21(16)8-11-7-20-23-17(11)10-1-2-10/h3-5,7,10,13,16,22H,1-2,6,8-9H2/t13-,16+/m1/s1. The van der Waals surface area contributed by atoms with Crippen LogP contribution in [0.15, 0.2) is 28.9 Å². The summed E-state index contributed by atoms with van der Waals surface area (Å²) in [7, 11) is 0. The normalized spacial score (nSPS) is 25.2. The number of aromatic nitrogens is 1. The Morgan fingerprint density at radius 2 is 2.13 bits per heavy atom. The molecular formula is C17H18F2N2O2. The van der Waals surface area contributed by atoms with Crippen molar-refractivity contribution in [3.8, 4) is 0 Å². The lowest BCUT2D eigenvalue weighted by molar-refractivity contribution is 0.172. The van der Waals surface area contributed by atoms with Crippen LogP contribution in [-0.2, 0) is 6.54 Å². The maximum atomic E-state index is 14.1. The Hall–Kier alpha value is -1.79. The van der Waals surface area contributed by atoms with Crippen LogP contribution in [0.5, 0.6) is 0 Å². The number of benzene rings is 1. The molecule has 1 N–H and O–H groups in total. The van der Waals surface area contributed by atoms with Crippen LogP contribution >= 0.6 is 0 Å². The number of aliphatic hydroxyl groups excluding tert-OH is 1. The molecule has 1 saturated heterocycles. The number of rotatable bonds is 4. The summed E-state index contributed by atoms with van der Waals surface area (Å²) in [5.74, 6) is 0.420. The average Bonchev–Trinajstić information content (AvgIpc) is 3.16. The number of halogens is 2. The van der Waals surface area contributed by atoms with E-state index in [-0.39, 0.29) is 6.04 Å². The van der Waals surface area contributed by atoms with E-state index in [4.69, 9.17) is 4.52 Å². The Kier molecular flexibility index (Phi) is 3.66. The van der Waals surface area contributed by atoms with Gasteiger partial charge in [-0.1, -0.05) is 5.16 Å². The highest BCUT2D eigenvalue weighted by Crippen LogP contribution is 2.43. The molecule has 0 amide bonds. The molecular weight excluding hydrogens is 302 g/mol. The molecule has 2 heterocycles. The molecule has 0 spiro atoms. The van der Waals surface area contributed by atoms with Crippen molar-refractivity contribution in [3.05, 3.63) is 52.9 Å². The predicted molar refractivity (Wildman–Crippen MR) is 78.6 cm³/mol. The quantitative estimate of drug-likeness (QED) is 0.940. The maximum absolute atomic E-state index is 14.1. The van der Waals surface area contributed by atoms with Crippen LogP contribution in [-0.4, -0.2) is 27.8 Å². The van der Waals surface area contributed by atoms with E-state index in [1.165, 1.54) is 6.07 Å². The van der Waals surface area contributed by atoms with Gasteiger partial charge in [-0.15, -0.1) is 0 Å². The minimum atomic E-state index is -0.549. The summed E-state index contributed by atoms with van der Waals surface area (Å²) in [4.78, 5) is 1.97. The summed E-state index contributed by atoms with van der Waals surface area (Å²) < 4.78 is 33.0. The number of likely N-dealkylation sites (tertiary alicyclic amines) is 1. The van der Waals surface area contributed by atoms with Crippen LogP contribution in [0.3, 0.4) is 0 Å². The zero-order chi connectivity index (χ0) is 16.0. The zero-order valence-corrected chi connectivity index (χ0v) is 12.6. The number of aliphatic hydroxyl groups is 1. The van der Waals surface area contributed by atoms with E-state index in [9.17, 15) is 13.9 Å². The molecule has 6 heteroatoms. The molecule has 0 unspecified atom stereocenters. The van der Waals surface area contributed by atoms with Crippen molar-refractivity contribution < 1.29 is 18.4 Å². The highest BCUT2D eigenvalue weighted by molar-refractivity contribution is 5.26. The fraction of sp³-hybridized carbons (Fsp3) is 0.471. The van der Waals surface area contributed by atoms with E-state index in [1.54, 1.807) is 6.20 Å². The van der Waals surface area contributed by atoms with Gasteiger partial charge in [0.25, 0.3) is 0 Å². The highest BCUT2D eigenvalue weighted by atomic mass is 19.1. The van der Waals surface area contributed by atoms with Crippen molar-refractivity contribution in [1.82, 2.24) is 10.1 Å². The Labute approximate surface area is 132 Å². The molecule has 1 saturated carbocycles. The highest BCUT2D eigenvalue weighted by Gasteiger charge is 2.36. The average molecular weight is 320 g/mol. The fourth-order valence-corrected chi connectivity index (χ4v) is 3.44. The number of β-amino-alcohol motifs (C(OH)–C–C–N with tert-alkyl or cyclic N) is 1. The van der Waals surface area contributed by atoms with Crippen LogP contribution in [0, 0.1) is 11.6 Å². The smallest absolute Gasteiger partial charge is 0.144 e. The molecule has 23 heavy (non-hydrogen) atoms. The summed E-state index contributed by atoms with van der Waals surface area (Å²) in [6.07, 6.45) is 3.74. The molecule has 1 aromatic heterocycles. The van der Waals surface area contributed by atoms with Crippen LogP contribution in [0.2, 0.25) is 0 Å². The van der Waals surface area contributed by atoms with E-state index in [2.05, 4.69) is 5.16 Å². The van der Waals surface area contributed by atoms with Crippen molar-refractivity contribution in [2.45, 2.75) is 43.9 Å². The van der Waals surface area contributed by atoms with Crippen LogP contribution in [0.25, 0.3) is 0 Å². The van der Waals surface area contributed by atoms with E-state index in [0.717, 1.165) is 36.3 Å². The Bertz CT molecular complexity index is 714. The van der Waals surface area contributed by atoms with Crippen molar-refractivity contribution in [1.29, 1.82) is 0 Å². The minimum Gasteiger partial charge on any atom is -0.392 e. The first-order valence-corrected chi connectivity index (χ1v) is 7.92. The fourth-order valence-electron chi connectivity index (χ4n) is 3.44. The molecule has 4 nitrogen and oxygen atoms in total. The van der Waals surface area contributed by atoms with Gasteiger partial charge in [0, 0.05) is 36.2 Å². The first kappa shape index (κ1) is 14.8. The summed E-state index contributed by atoms with van der Waals surface area (Å²) >= 11 is 0. The summed E-state index contributed by atoms with van der Waals surface area (Å²) in [6, 6.07) is 3.13. The number of hydrogen-bond donors (Lipinski definition) is 1.